The van der Waals surface area contributed by atoms with Crippen molar-refractivity contribution in [3.05, 3.63) is 0 Å². The fourth-order valence-electron chi connectivity index (χ4n) is 2.48. The molecular formula is C13H28N2O3. The summed E-state index contributed by atoms with van der Waals surface area (Å²) in [5.74, 6) is 0. The van der Waals surface area contributed by atoms with E-state index in [9.17, 15) is 9.90 Å². The second kappa shape index (κ2) is 9.30. The Hall–Kier alpha value is -0.650. The van der Waals surface area contributed by atoms with E-state index in [0.717, 1.165) is 6.41 Å². The van der Waals surface area contributed by atoms with Gasteiger partial charge >= 0.3 is 0 Å². The van der Waals surface area contributed by atoms with Crippen LogP contribution in [0.2, 0.25) is 0 Å². The van der Waals surface area contributed by atoms with Crippen molar-refractivity contribution < 1.29 is 14.6 Å². The number of rotatable bonds is 2. The molecule has 18 heavy (non-hydrogen) atoms. The Balaban J connectivity index is 0.000000309. The molecule has 2 fully saturated rings. The molecule has 0 bridgehead atoms. The third-order valence-electron chi connectivity index (χ3n) is 3.32. The molecule has 0 aromatic heterocycles. The minimum atomic E-state index is 0.236. The molecule has 0 atom stereocenters. The van der Waals surface area contributed by atoms with Crippen LogP contribution in [0.4, 0.5) is 0 Å². The van der Waals surface area contributed by atoms with Crippen molar-refractivity contribution in [1.29, 1.82) is 0 Å². The number of fused-ring (bicyclic) bond motifs is 1. The van der Waals surface area contributed by atoms with Crippen LogP contribution in [0.15, 0.2) is 0 Å². The molecule has 0 unspecified atom stereocenters. The predicted octanol–water partition coefficient (Wildman–Crippen LogP) is 0.574. The van der Waals surface area contributed by atoms with Crippen LogP contribution in [-0.2, 0) is 9.53 Å². The van der Waals surface area contributed by atoms with Crippen molar-refractivity contribution in [3.63, 3.8) is 0 Å². The van der Waals surface area contributed by atoms with Gasteiger partial charge in [0.05, 0.1) is 6.61 Å². The SMILES string of the molecule is CN(C)C=O.COC.OCC12CCCN1CCC2. The van der Waals surface area contributed by atoms with Gasteiger partial charge < -0.3 is 14.7 Å². The van der Waals surface area contributed by atoms with Crippen LogP contribution in [-0.4, -0.2) is 74.9 Å². The summed E-state index contributed by atoms with van der Waals surface area (Å²) in [4.78, 5) is 13.3. The molecule has 2 rings (SSSR count). The first kappa shape index (κ1) is 17.4. The van der Waals surface area contributed by atoms with E-state index in [1.54, 1.807) is 28.3 Å². The first-order valence-corrected chi connectivity index (χ1v) is 6.44. The maximum atomic E-state index is 9.43. The van der Waals surface area contributed by atoms with E-state index in [4.69, 9.17) is 0 Å². The summed E-state index contributed by atoms with van der Waals surface area (Å²) in [5, 5.41) is 9.19. The van der Waals surface area contributed by atoms with Gasteiger partial charge in [-0.3, -0.25) is 9.69 Å². The smallest absolute Gasteiger partial charge is 0.209 e. The van der Waals surface area contributed by atoms with Gasteiger partial charge in [0.2, 0.25) is 6.41 Å². The van der Waals surface area contributed by atoms with Gasteiger partial charge in [-0.1, -0.05) is 0 Å². The van der Waals surface area contributed by atoms with Gasteiger partial charge in [-0.15, -0.1) is 0 Å². The van der Waals surface area contributed by atoms with Crippen molar-refractivity contribution in [1.82, 2.24) is 9.80 Å². The molecule has 0 aliphatic carbocycles. The molecule has 2 heterocycles. The van der Waals surface area contributed by atoms with Gasteiger partial charge in [0.15, 0.2) is 0 Å². The third-order valence-corrected chi connectivity index (χ3v) is 3.32. The molecule has 2 saturated heterocycles. The molecule has 0 spiro atoms. The van der Waals surface area contributed by atoms with Crippen molar-refractivity contribution in [2.24, 2.45) is 0 Å². The van der Waals surface area contributed by atoms with Crippen LogP contribution in [0.3, 0.4) is 0 Å². The molecule has 2 aliphatic heterocycles. The molecule has 108 valence electrons. The summed E-state index contributed by atoms with van der Waals surface area (Å²) in [6, 6.07) is 0. The fraction of sp³-hybridized carbons (Fsp3) is 0.923. The number of carbonyl (C=O) groups excluding carboxylic acids is 1. The van der Waals surface area contributed by atoms with E-state index in [-0.39, 0.29) is 5.54 Å². The number of aliphatic hydroxyl groups excluding tert-OH is 1. The van der Waals surface area contributed by atoms with E-state index in [0.29, 0.717) is 6.61 Å². The van der Waals surface area contributed by atoms with E-state index in [2.05, 4.69) is 9.64 Å². The highest BCUT2D eigenvalue weighted by Crippen LogP contribution is 2.37. The first-order valence-electron chi connectivity index (χ1n) is 6.44. The lowest BCUT2D eigenvalue weighted by molar-refractivity contribution is -0.115. The zero-order valence-corrected chi connectivity index (χ0v) is 12.2. The summed E-state index contributed by atoms with van der Waals surface area (Å²) >= 11 is 0. The molecular weight excluding hydrogens is 232 g/mol. The Kier molecular flexibility index (Phi) is 8.97. The molecule has 5 heteroatoms. The molecule has 0 aromatic rings. The van der Waals surface area contributed by atoms with Gasteiger partial charge in [0.1, 0.15) is 0 Å². The monoisotopic (exact) mass is 260 g/mol. The van der Waals surface area contributed by atoms with Crippen molar-refractivity contribution in [2.45, 2.75) is 31.2 Å². The van der Waals surface area contributed by atoms with E-state index < -0.39 is 0 Å². The number of amides is 1. The van der Waals surface area contributed by atoms with Crippen molar-refractivity contribution in [3.8, 4) is 0 Å². The predicted molar refractivity (Wildman–Crippen MR) is 72.5 cm³/mol. The standard InChI is InChI=1S/C8H15NO.C3H7NO.C2H6O/c10-7-8-3-1-5-9(8)6-2-4-8;1-4(2)3-5;1-3-2/h10H,1-7H2;3H,1-2H3;1-2H3. The zero-order chi connectivity index (χ0) is 14.0. The largest absolute Gasteiger partial charge is 0.394 e. The number of hydrogen-bond acceptors (Lipinski definition) is 4. The number of ether oxygens (including phenoxy) is 1. The quantitative estimate of drug-likeness (QED) is 0.738. The van der Waals surface area contributed by atoms with Crippen LogP contribution in [0.25, 0.3) is 0 Å². The van der Waals surface area contributed by atoms with Crippen LogP contribution < -0.4 is 0 Å². The fourth-order valence-corrected chi connectivity index (χ4v) is 2.48. The number of methoxy groups -OCH3 is 1. The Morgan fingerprint density at radius 1 is 1.28 bits per heavy atom. The molecule has 0 aromatic carbocycles. The summed E-state index contributed by atoms with van der Waals surface area (Å²) in [5.41, 5.74) is 0.236. The van der Waals surface area contributed by atoms with Crippen LogP contribution in [0.1, 0.15) is 25.7 Å². The van der Waals surface area contributed by atoms with Crippen molar-refractivity contribution in [2.75, 3.05) is 48.0 Å². The Labute approximate surface area is 111 Å². The number of carbonyl (C=O) groups is 1. The second-order valence-corrected chi connectivity index (χ2v) is 5.05. The van der Waals surface area contributed by atoms with Gasteiger partial charge in [0, 0.05) is 33.9 Å². The number of aliphatic hydroxyl groups is 1. The Bertz CT molecular complexity index is 212. The first-order chi connectivity index (χ1) is 8.56. The average Bonchev–Trinajstić information content (AvgIpc) is 2.89. The Morgan fingerprint density at radius 2 is 1.67 bits per heavy atom. The van der Waals surface area contributed by atoms with Crippen molar-refractivity contribution >= 4 is 6.41 Å². The maximum Gasteiger partial charge on any atom is 0.209 e. The van der Waals surface area contributed by atoms with E-state index in [1.807, 2.05) is 0 Å². The normalized spacial score (nSPS) is 20.1. The molecule has 5 nitrogen and oxygen atoms in total. The second-order valence-electron chi connectivity index (χ2n) is 5.05. The highest BCUT2D eigenvalue weighted by molar-refractivity contribution is 5.45. The van der Waals surface area contributed by atoms with Crippen LogP contribution >= 0.6 is 0 Å². The summed E-state index contributed by atoms with van der Waals surface area (Å²) in [6.07, 6.45) is 5.79. The molecule has 0 saturated carbocycles. The third kappa shape index (κ3) is 5.33. The lowest BCUT2D eigenvalue weighted by atomic mass is 9.96. The number of nitrogens with zero attached hydrogens (tertiary/aromatic N) is 2. The topological polar surface area (TPSA) is 53.0 Å². The molecule has 1 amide bonds. The van der Waals surface area contributed by atoms with E-state index >= 15 is 0 Å². The summed E-state index contributed by atoms with van der Waals surface area (Å²) in [7, 11) is 6.62. The van der Waals surface area contributed by atoms with Gasteiger partial charge in [-0.2, -0.15) is 0 Å². The number of hydrogen-bond donors (Lipinski definition) is 1. The minimum Gasteiger partial charge on any atom is -0.394 e. The zero-order valence-electron chi connectivity index (χ0n) is 12.2. The summed E-state index contributed by atoms with van der Waals surface area (Å²) < 4.78 is 4.25. The van der Waals surface area contributed by atoms with Crippen LogP contribution in [0.5, 0.6) is 0 Å². The lowest BCUT2D eigenvalue weighted by Gasteiger charge is -2.29. The van der Waals surface area contributed by atoms with E-state index in [1.165, 1.54) is 43.7 Å². The van der Waals surface area contributed by atoms with Crippen LogP contribution in [0, 0.1) is 0 Å². The maximum absolute atomic E-state index is 9.43. The average molecular weight is 260 g/mol. The molecule has 0 radical (unpaired) electrons. The highest BCUT2D eigenvalue weighted by Gasteiger charge is 2.43. The van der Waals surface area contributed by atoms with Gasteiger partial charge in [-0.25, -0.2) is 0 Å². The molecule has 2 aliphatic rings. The van der Waals surface area contributed by atoms with Gasteiger partial charge in [0.25, 0.3) is 0 Å². The minimum absolute atomic E-state index is 0.236. The Morgan fingerprint density at radius 3 is 1.89 bits per heavy atom. The summed E-state index contributed by atoms with van der Waals surface area (Å²) in [6.45, 7) is 2.83. The lowest BCUT2D eigenvalue weighted by Crippen LogP contribution is -2.41. The van der Waals surface area contributed by atoms with Gasteiger partial charge in [-0.05, 0) is 38.8 Å². The molecule has 1 N–H and O–H groups in total. The highest BCUT2D eigenvalue weighted by atomic mass is 16.4.